The van der Waals surface area contributed by atoms with Gasteiger partial charge in [0.1, 0.15) is 5.69 Å². The maximum atomic E-state index is 13.2. The van der Waals surface area contributed by atoms with Crippen molar-refractivity contribution in [1.29, 1.82) is 0 Å². The third-order valence-electron chi connectivity index (χ3n) is 2.47. The fourth-order valence-corrected chi connectivity index (χ4v) is 1.90. The zero-order chi connectivity index (χ0) is 12.6. The minimum atomic E-state index is -2.88. The molecule has 1 aromatic heterocycles. The standard InChI is InChI=1S/C12H11BrF2N2/c1-12(14,15)11-7-10(16-17(11)2)8-3-5-9(13)6-4-8/h3-7H,1-2H3. The molecule has 90 valence electrons. The number of rotatable bonds is 2. The van der Waals surface area contributed by atoms with Gasteiger partial charge in [-0.1, -0.05) is 28.1 Å². The van der Waals surface area contributed by atoms with Crippen molar-refractivity contribution in [1.82, 2.24) is 9.78 Å². The number of nitrogens with zero attached hydrogens (tertiary/aromatic N) is 2. The molecule has 0 atom stereocenters. The van der Waals surface area contributed by atoms with Crippen molar-refractivity contribution in [3.8, 4) is 11.3 Å². The number of hydrogen-bond donors (Lipinski definition) is 0. The van der Waals surface area contributed by atoms with E-state index in [1.54, 1.807) is 0 Å². The van der Waals surface area contributed by atoms with E-state index in [-0.39, 0.29) is 5.69 Å². The van der Waals surface area contributed by atoms with E-state index in [0.717, 1.165) is 17.0 Å². The van der Waals surface area contributed by atoms with Gasteiger partial charge >= 0.3 is 0 Å². The topological polar surface area (TPSA) is 17.8 Å². The van der Waals surface area contributed by atoms with Crippen LogP contribution in [0.3, 0.4) is 0 Å². The molecule has 0 radical (unpaired) electrons. The second kappa shape index (κ2) is 4.22. The van der Waals surface area contributed by atoms with Gasteiger partial charge in [-0.05, 0) is 18.2 Å². The van der Waals surface area contributed by atoms with Crippen LogP contribution < -0.4 is 0 Å². The molecule has 0 bridgehead atoms. The van der Waals surface area contributed by atoms with Gasteiger partial charge < -0.3 is 0 Å². The Labute approximate surface area is 106 Å². The number of aryl methyl sites for hydroxylation is 1. The maximum absolute atomic E-state index is 13.2. The Morgan fingerprint density at radius 2 is 1.82 bits per heavy atom. The lowest BCUT2D eigenvalue weighted by molar-refractivity contribution is 0.00883. The van der Waals surface area contributed by atoms with Crippen molar-refractivity contribution in [3.63, 3.8) is 0 Å². The summed E-state index contributed by atoms with van der Waals surface area (Å²) in [5.74, 6) is -2.88. The first-order chi connectivity index (χ1) is 7.88. The van der Waals surface area contributed by atoms with Gasteiger partial charge in [0.25, 0.3) is 5.92 Å². The van der Waals surface area contributed by atoms with Crippen LogP contribution >= 0.6 is 15.9 Å². The van der Waals surface area contributed by atoms with Crippen LogP contribution in [0.2, 0.25) is 0 Å². The predicted molar refractivity (Wildman–Crippen MR) is 65.9 cm³/mol. The van der Waals surface area contributed by atoms with Crippen molar-refractivity contribution < 1.29 is 8.78 Å². The monoisotopic (exact) mass is 300 g/mol. The number of aromatic nitrogens is 2. The molecule has 0 aliphatic heterocycles. The molecule has 0 amide bonds. The lowest BCUT2D eigenvalue weighted by atomic mass is 10.1. The van der Waals surface area contributed by atoms with Gasteiger partial charge in [-0.15, -0.1) is 0 Å². The van der Waals surface area contributed by atoms with E-state index in [0.29, 0.717) is 5.69 Å². The van der Waals surface area contributed by atoms with Gasteiger partial charge in [0.2, 0.25) is 0 Å². The van der Waals surface area contributed by atoms with Crippen LogP contribution in [0.4, 0.5) is 8.78 Å². The molecule has 1 heterocycles. The second-order valence-electron chi connectivity index (χ2n) is 3.93. The van der Waals surface area contributed by atoms with Crippen LogP contribution in [0.5, 0.6) is 0 Å². The van der Waals surface area contributed by atoms with Gasteiger partial charge in [-0.2, -0.15) is 13.9 Å². The largest absolute Gasteiger partial charge is 0.286 e. The molecule has 2 nitrogen and oxygen atoms in total. The first kappa shape index (κ1) is 12.2. The van der Waals surface area contributed by atoms with Crippen LogP contribution in [-0.4, -0.2) is 9.78 Å². The third-order valence-corrected chi connectivity index (χ3v) is 3.00. The summed E-state index contributed by atoms with van der Waals surface area (Å²) in [5, 5.41) is 4.10. The fourth-order valence-electron chi connectivity index (χ4n) is 1.64. The average Bonchev–Trinajstić information content (AvgIpc) is 2.61. The smallest absolute Gasteiger partial charge is 0.266 e. The quantitative estimate of drug-likeness (QED) is 0.821. The van der Waals surface area contributed by atoms with Crippen LogP contribution in [0, 0.1) is 0 Å². The Morgan fingerprint density at radius 3 is 2.29 bits per heavy atom. The zero-order valence-electron chi connectivity index (χ0n) is 9.42. The maximum Gasteiger partial charge on any atom is 0.286 e. The minimum Gasteiger partial charge on any atom is -0.266 e. The van der Waals surface area contributed by atoms with Crippen LogP contribution in [-0.2, 0) is 13.0 Å². The Balaban J connectivity index is 2.45. The van der Waals surface area contributed by atoms with Gasteiger partial charge in [0, 0.05) is 24.0 Å². The van der Waals surface area contributed by atoms with Crippen LogP contribution in [0.25, 0.3) is 11.3 Å². The Kier molecular flexibility index (Phi) is 3.03. The molecule has 0 saturated carbocycles. The summed E-state index contributed by atoms with van der Waals surface area (Å²) >= 11 is 3.32. The highest BCUT2D eigenvalue weighted by molar-refractivity contribution is 9.10. The Hall–Kier alpha value is -1.23. The molecule has 2 rings (SSSR count). The summed E-state index contributed by atoms with van der Waals surface area (Å²) in [6.07, 6.45) is 0. The highest BCUT2D eigenvalue weighted by Gasteiger charge is 2.29. The summed E-state index contributed by atoms with van der Waals surface area (Å²) in [4.78, 5) is 0. The van der Waals surface area contributed by atoms with Crippen LogP contribution in [0.1, 0.15) is 12.6 Å². The lowest BCUT2D eigenvalue weighted by Crippen LogP contribution is -2.12. The highest BCUT2D eigenvalue weighted by atomic mass is 79.9. The molecule has 0 saturated heterocycles. The van der Waals surface area contributed by atoms with Crippen molar-refractivity contribution in [2.75, 3.05) is 0 Å². The number of hydrogen-bond acceptors (Lipinski definition) is 1. The van der Waals surface area contributed by atoms with Crippen molar-refractivity contribution in [2.24, 2.45) is 7.05 Å². The molecule has 17 heavy (non-hydrogen) atoms. The van der Waals surface area contributed by atoms with Crippen molar-refractivity contribution in [3.05, 3.63) is 40.5 Å². The Morgan fingerprint density at radius 1 is 1.24 bits per heavy atom. The normalized spacial score (nSPS) is 11.8. The molecular weight excluding hydrogens is 290 g/mol. The summed E-state index contributed by atoms with van der Waals surface area (Å²) in [5.41, 5.74) is 1.28. The van der Waals surface area contributed by atoms with E-state index in [9.17, 15) is 8.78 Å². The number of halogens is 3. The molecule has 0 fully saturated rings. The van der Waals surface area contributed by atoms with Gasteiger partial charge in [0.05, 0.1) is 5.69 Å². The highest BCUT2D eigenvalue weighted by Crippen LogP contribution is 2.30. The molecule has 0 aliphatic carbocycles. The van der Waals surface area contributed by atoms with E-state index in [1.165, 1.54) is 17.8 Å². The molecule has 1 aromatic carbocycles. The second-order valence-corrected chi connectivity index (χ2v) is 4.85. The van der Waals surface area contributed by atoms with E-state index in [2.05, 4.69) is 21.0 Å². The Bertz CT molecular complexity index is 526. The molecule has 0 N–H and O–H groups in total. The van der Waals surface area contributed by atoms with Gasteiger partial charge in [0.15, 0.2) is 0 Å². The molecule has 0 spiro atoms. The van der Waals surface area contributed by atoms with E-state index in [4.69, 9.17) is 0 Å². The predicted octanol–water partition coefficient (Wildman–Crippen LogP) is 3.96. The van der Waals surface area contributed by atoms with Gasteiger partial charge in [-0.25, -0.2) is 0 Å². The summed E-state index contributed by atoms with van der Waals surface area (Å²) in [6.45, 7) is 0.870. The SMILES string of the molecule is Cn1nc(-c2ccc(Br)cc2)cc1C(C)(F)F. The molecule has 2 aromatic rings. The summed E-state index contributed by atoms with van der Waals surface area (Å²) in [7, 11) is 1.52. The van der Waals surface area contributed by atoms with Crippen molar-refractivity contribution >= 4 is 15.9 Å². The first-order valence-corrected chi connectivity index (χ1v) is 5.85. The zero-order valence-corrected chi connectivity index (χ0v) is 11.0. The van der Waals surface area contributed by atoms with E-state index < -0.39 is 5.92 Å². The molecule has 0 unspecified atom stereocenters. The summed E-state index contributed by atoms with van der Waals surface area (Å²) in [6, 6.07) is 8.80. The first-order valence-electron chi connectivity index (χ1n) is 5.06. The van der Waals surface area contributed by atoms with Crippen molar-refractivity contribution in [2.45, 2.75) is 12.8 Å². The lowest BCUT2D eigenvalue weighted by Gasteiger charge is -2.08. The minimum absolute atomic E-state index is 0.0876. The molecule has 0 aliphatic rings. The van der Waals surface area contributed by atoms with E-state index in [1.807, 2.05) is 24.3 Å². The summed E-state index contributed by atoms with van der Waals surface area (Å²) < 4.78 is 28.6. The molecular formula is C12H11BrF2N2. The molecule has 5 heteroatoms. The van der Waals surface area contributed by atoms with E-state index >= 15 is 0 Å². The number of benzene rings is 1. The number of alkyl halides is 2. The third kappa shape index (κ3) is 2.54. The average molecular weight is 301 g/mol. The fraction of sp³-hybridized carbons (Fsp3) is 0.250. The van der Waals surface area contributed by atoms with Gasteiger partial charge in [-0.3, -0.25) is 4.68 Å². The van der Waals surface area contributed by atoms with Crippen LogP contribution in [0.15, 0.2) is 34.8 Å².